The molecule has 1 fully saturated rings. The number of aryl methyl sites for hydroxylation is 1. The molecule has 3 aromatic rings. The fourth-order valence-corrected chi connectivity index (χ4v) is 4.35. The molecule has 0 amide bonds. The van der Waals surface area contributed by atoms with Crippen molar-refractivity contribution in [2.45, 2.75) is 38.4 Å². The number of nitriles is 1. The van der Waals surface area contributed by atoms with E-state index >= 15 is 0 Å². The second kappa shape index (κ2) is 9.99. The minimum Gasteiger partial charge on any atom is -0.351 e. The second-order valence-corrected chi connectivity index (χ2v) is 8.67. The number of alkyl halides is 3. The second-order valence-electron chi connectivity index (χ2n) is 7.79. The first-order valence-electron chi connectivity index (χ1n) is 10.8. The van der Waals surface area contributed by atoms with Crippen LogP contribution in [-0.2, 0) is 12.6 Å². The number of imidazole rings is 1. The Bertz CT molecular complexity index is 1200. The van der Waals surface area contributed by atoms with E-state index in [0.29, 0.717) is 12.1 Å². The highest BCUT2D eigenvalue weighted by molar-refractivity contribution is 7.96. The van der Waals surface area contributed by atoms with E-state index in [2.05, 4.69) is 29.6 Å². The Morgan fingerprint density at radius 1 is 1.21 bits per heavy atom. The lowest BCUT2D eigenvalue weighted by atomic mass is 10.1. The van der Waals surface area contributed by atoms with Gasteiger partial charge < -0.3 is 9.88 Å². The van der Waals surface area contributed by atoms with E-state index < -0.39 is 11.7 Å². The number of nitrogens with one attached hydrogen (secondary N) is 1. The number of nitrogens with zero attached hydrogens (tertiary/aromatic N) is 7. The third-order valence-electron chi connectivity index (χ3n) is 5.64. The van der Waals surface area contributed by atoms with Gasteiger partial charge in [-0.2, -0.15) is 18.4 Å². The zero-order valence-corrected chi connectivity index (χ0v) is 19.5. The van der Waals surface area contributed by atoms with Crippen LogP contribution in [0.15, 0.2) is 30.9 Å². The molecule has 1 aliphatic heterocycles. The molecule has 0 radical (unpaired) electrons. The van der Waals surface area contributed by atoms with E-state index in [1.54, 1.807) is 24.1 Å². The molecule has 0 aliphatic carbocycles. The normalized spacial score (nSPS) is 15.3. The van der Waals surface area contributed by atoms with Crippen molar-refractivity contribution in [3.05, 3.63) is 47.8 Å². The Hall–Kier alpha value is -3.17. The van der Waals surface area contributed by atoms with Crippen LogP contribution in [0.2, 0.25) is 0 Å². The van der Waals surface area contributed by atoms with Crippen molar-refractivity contribution in [1.29, 1.82) is 5.26 Å². The van der Waals surface area contributed by atoms with Gasteiger partial charge in [-0.15, -0.1) is 0 Å². The summed E-state index contributed by atoms with van der Waals surface area (Å²) in [6.45, 7) is 3.68. The van der Waals surface area contributed by atoms with Crippen molar-refractivity contribution in [1.82, 2.24) is 28.8 Å². The summed E-state index contributed by atoms with van der Waals surface area (Å²) in [6.07, 6.45) is 3.27. The summed E-state index contributed by atoms with van der Waals surface area (Å²) in [5, 5.41) is 12.6. The minimum atomic E-state index is -4.65. The summed E-state index contributed by atoms with van der Waals surface area (Å²) in [5.41, 5.74) is 0.0802. The topological polar surface area (TPSA) is 95.5 Å². The minimum absolute atomic E-state index is 0.0263. The zero-order valence-electron chi connectivity index (χ0n) is 18.7. The molecular formula is C22H23F3N8S. The van der Waals surface area contributed by atoms with Gasteiger partial charge in [0.25, 0.3) is 0 Å². The summed E-state index contributed by atoms with van der Waals surface area (Å²) in [7, 11) is 0. The summed E-state index contributed by atoms with van der Waals surface area (Å²) >= 11 is 1.68. The van der Waals surface area contributed by atoms with Gasteiger partial charge in [-0.25, -0.2) is 19.9 Å². The molecule has 0 saturated carbocycles. The van der Waals surface area contributed by atoms with Gasteiger partial charge in [0.05, 0.1) is 5.69 Å². The molecule has 12 heteroatoms. The summed E-state index contributed by atoms with van der Waals surface area (Å²) < 4.78 is 44.9. The number of hydrogen-bond acceptors (Lipinski definition) is 8. The molecule has 0 atom stereocenters. The average molecular weight is 489 g/mol. The van der Waals surface area contributed by atoms with Gasteiger partial charge >= 0.3 is 6.18 Å². The van der Waals surface area contributed by atoms with Crippen LogP contribution in [-0.4, -0.2) is 54.2 Å². The predicted octanol–water partition coefficient (Wildman–Crippen LogP) is 4.33. The number of pyridine rings is 1. The Morgan fingerprint density at radius 3 is 2.62 bits per heavy atom. The van der Waals surface area contributed by atoms with Crippen LogP contribution in [0.4, 0.5) is 19.1 Å². The summed E-state index contributed by atoms with van der Waals surface area (Å²) in [4.78, 5) is 16.6. The highest BCUT2D eigenvalue weighted by atomic mass is 32.2. The van der Waals surface area contributed by atoms with Gasteiger partial charge in [0.2, 0.25) is 5.95 Å². The lowest BCUT2D eigenvalue weighted by Gasteiger charge is -2.30. The van der Waals surface area contributed by atoms with Crippen LogP contribution >= 0.6 is 11.9 Å². The van der Waals surface area contributed by atoms with Crippen molar-refractivity contribution in [2.75, 3.05) is 24.7 Å². The maximum absolute atomic E-state index is 13.7. The van der Waals surface area contributed by atoms with Crippen LogP contribution < -0.4 is 5.32 Å². The summed E-state index contributed by atoms with van der Waals surface area (Å²) in [5.74, 6) is 0.131. The molecule has 3 aromatic heterocycles. The fourth-order valence-electron chi connectivity index (χ4n) is 3.78. The number of aromatic nitrogens is 5. The van der Waals surface area contributed by atoms with Crippen molar-refractivity contribution >= 4 is 17.9 Å². The lowest BCUT2D eigenvalue weighted by Crippen LogP contribution is -2.35. The van der Waals surface area contributed by atoms with E-state index in [9.17, 15) is 18.4 Å². The van der Waals surface area contributed by atoms with Gasteiger partial charge in [0.1, 0.15) is 29.3 Å². The molecule has 34 heavy (non-hydrogen) atoms. The van der Waals surface area contributed by atoms with E-state index in [0.717, 1.165) is 37.8 Å². The third-order valence-corrected chi connectivity index (χ3v) is 6.52. The molecule has 0 aromatic carbocycles. The highest BCUT2D eigenvalue weighted by Crippen LogP contribution is 2.36. The van der Waals surface area contributed by atoms with Crippen LogP contribution in [0.5, 0.6) is 0 Å². The van der Waals surface area contributed by atoms with Crippen LogP contribution in [0.3, 0.4) is 0 Å². The van der Waals surface area contributed by atoms with Gasteiger partial charge in [0, 0.05) is 37.2 Å². The smallest absolute Gasteiger partial charge is 0.351 e. The molecule has 4 heterocycles. The quantitative estimate of drug-likeness (QED) is 0.513. The number of halogens is 3. The van der Waals surface area contributed by atoms with Gasteiger partial charge in [-0.1, -0.05) is 18.9 Å². The molecular weight excluding hydrogens is 465 g/mol. The maximum Gasteiger partial charge on any atom is 0.420 e. The SMILES string of the molecule is CCc1ccc(-n2cnc(-c3nc(NC4CCN(SC)CC4)ncc3C(F)(F)F)c2)c(C#N)n1. The van der Waals surface area contributed by atoms with Gasteiger partial charge in [-0.3, -0.25) is 4.31 Å². The van der Waals surface area contributed by atoms with Crippen molar-refractivity contribution in [3.63, 3.8) is 0 Å². The highest BCUT2D eigenvalue weighted by Gasteiger charge is 2.36. The zero-order chi connectivity index (χ0) is 24.3. The van der Waals surface area contributed by atoms with Crippen LogP contribution in [0, 0.1) is 11.3 Å². The number of rotatable bonds is 6. The largest absolute Gasteiger partial charge is 0.420 e. The average Bonchev–Trinajstić information content (AvgIpc) is 3.33. The number of hydrogen-bond donors (Lipinski definition) is 1. The van der Waals surface area contributed by atoms with Crippen molar-refractivity contribution in [3.8, 4) is 23.1 Å². The fraction of sp³-hybridized carbons (Fsp3) is 0.409. The molecule has 8 nitrogen and oxygen atoms in total. The Balaban J connectivity index is 1.66. The summed E-state index contributed by atoms with van der Waals surface area (Å²) in [6, 6.07) is 5.58. The standard InChI is InChI=1S/C22H23F3N8S/c1-3-14-4-5-19(17(10-26)29-14)32-12-18(28-13-32)20-16(22(23,24)25)11-27-21(31-20)30-15-6-8-33(34-2)9-7-15/h4-5,11-13,15H,3,6-9H2,1-2H3,(H,27,30,31). The van der Waals surface area contributed by atoms with Crippen LogP contribution in [0.1, 0.15) is 36.7 Å². The number of piperidine rings is 1. The first-order valence-corrected chi connectivity index (χ1v) is 11.9. The van der Waals surface area contributed by atoms with Crippen LogP contribution in [0.25, 0.3) is 17.1 Å². The Kier molecular flexibility index (Phi) is 7.04. The predicted molar refractivity (Wildman–Crippen MR) is 123 cm³/mol. The Labute approximate surface area is 199 Å². The van der Waals surface area contributed by atoms with E-state index in [-0.39, 0.29) is 29.1 Å². The van der Waals surface area contributed by atoms with E-state index in [4.69, 9.17) is 0 Å². The Morgan fingerprint density at radius 2 is 1.97 bits per heavy atom. The van der Waals surface area contributed by atoms with E-state index in [1.165, 1.54) is 17.1 Å². The lowest BCUT2D eigenvalue weighted by molar-refractivity contribution is -0.137. The van der Waals surface area contributed by atoms with Crippen molar-refractivity contribution < 1.29 is 13.2 Å². The molecule has 1 saturated heterocycles. The molecule has 4 rings (SSSR count). The first kappa shape index (κ1) is 24.0. The van der Waals surface area contributed by atoms with Gasteiger partial charge in [0.15, 0.2) is 5.69 Å². The molecule has 1 N–H and O–H groups in total. The van der Waals surface area contributed by atoms with E-state index in [1.807, 2.05) is 19.2 Å². The monoisotopic (exact) mass is 488 g/mol. The molecule has 0 bridgehead atoms. The van der Waals surface area contributed by atoms with Crippen molar-refractivity contribution in [2.24, 2.45) is 0 Å². The van der Waals surface area contributed by atoms with Gasteiger partial charge in [-0.05, 0) is 37.7 Å². The molecule has 1 aliphatic rings. The molecule has 0 spiro atoms. The maximum atomic E-state index is 13.7. The molecule has 178 valence electrons. The molecule has 0 unspecified atom stereocenters. The third kappa shape index (κ3) is 5.15. The number of anilines is 1. The first-order chi connectivity index (χ1) is 16.3.